The molecule has 1 aliphatic carbocycles. The molecule has 4 heteroatoms. The third kappa shape index (κ3) is 5.60. The summed E-state index contributed by atoms with van der Waals surface area (Å²) in [5, 5.41) is 8.44. The van der Waals surface area contributed by atoms with Crippen LogP contribution in [0.25, 0.3) is 122 Å². The zero-order valence-electron chi connectivity index (χ0n) is 37.1. The normalized spacial score (nSPS) is 13.0. The van der Waals surface area contributed by atoms with E-state index in [0.717, 1.165) is 56.0 Å². The van der Waals surface area contributed by atoms with Crippen molar-refractivity contribution in [1.29, 1.82) is 0 Å². The van der Waals surface area contributed by atoms with Gasteiger partial charge < -0.3 is 9.13 Å². The molecule has 0 radical (unpaired) electrons. The highest BCUT2D eigenvalue weighted by atomic mass is 15.0. The molecule has 0 saturated heterocycles. The Balaban J connectivity index is 1.01. The topological polar surface area (TPSA) is 35.6 Å². The van der Waals surface area contributed by atoms with Crippen molar-refractivity contribution in [2.24, 2.45) is 0 Å². The number of nitrogens with zero attached hydrogens (tertiary/aromatic N) is 4. The minimum Gasteiger partial charge on any atom is -0.309 e. The van der Waals surface area contributed by atoms with Crippen LogP contribution in [0.3, 0.4) is 0 Å². The summed E-state index contributed by atoms with van der Waals surface area (Å²) in [5.41, 5.74) is 18.2. The Morgan fingerprint density at radius 1 is 0.358 bits per heavy atom. The Morgan fingerprint density at radius 2 is 1.01 bits per heavy atom. The van der Waals surface area contributed by atoms with Crippen LogP contribution in [0, 0.1) is 0 Å². The van der Waals surface area contributed by atoms with Crippen LogP contribution in [0.2, 0.25) is 0 Å². The number of aromatic nitrogens is 4. The molecule has 314 valence electrons. The maximum atomic E-state index is 5.52. The fourth-order valence-corrected chi connectivity index (χ4v) is 11.3. The summed E-state index contributed by atoms with van der Waals surface area (Å²) in [6.07, 6.45) is 0. The number of rotatable bonds is 5. The average Bonchev–Trinajstić information content (AvgIpc) is 3.97. The standard InChI is InChI=1S/C63H42N4/c1-63(2)53-23-13-11-21-47(53)48-32-29-43(35-54(48)63)62-64-55-33-31-45(36-51(55)61(65-62)42-27-25-40(26-28-42)39-15-5-3-6-16-39)67-56-24-14-12-22-49(56)50-37-52-59(38-58(50)67)66(44-18-7-4-8-19-44)57-34-30-41-17-9-10-20-46(41)60(52)57/h3-38H,1-2H3. The molecule has 0 amide bonds. The Morgan fingerprint density at radius 3 is 1.87 bits per heavy atom. The summed E-state index contributed by atoms with van der Waals surface area (Å²) in [7, 11) is 0. The second-order valence-corrected chi connectivity index (χ2v) is 18.6. The van der Waals surface area contributed by atoms with Crippen molar-refractivity contribution < 1.29 is 0 Å². The summed E-state index contributed by atoms with van der Waals surface area (Å²) >= 11 is 0. The molecular weight excluding hydrogens is 813 g/mol. The van der Waals surface area contributed by atoms with Crippen LogP contribution in [0.4, 0.5) is 0 Å². The van der Waals surface area contributed by atoms with Crippen LogP contribution in [-0.2, 0) is 5.41 Å². The molecule has 0 aliphatic heterocycles. The van der Waals surface area contributed by atoms with Gasteiger partial charge in [0.15, 0.2) is 5.82 Å². The van der Waals surface area contributed by atoms with Gasteiger partial charge in [0.25, 0.3) is 0 Å². The fraction of sp³-hybridized carbons (Fsp3) is 0.0476. The maximum absolute atomic E-state index is 5.52. The van der Waals surface area contributed by atoms with Gasteiger partial charge in [0.1, 0.15) is 0 Å². The Hall–Kier alpha value is -8.60. The number of para-hydroxylation sites is 2. The molecule has 0 saturated carbocycles. The number of fused-ring (bicyclic) bond motifs is 12. The van der Waals surface area contributed by atoms with Gasteiger partial charge in [-0.3, -0.25) is 0 Å². The highest BCUT2D eigenvalue weighted by Gasteiger charge is 2.35. The van der Waals surface area contributed by atoms with Gasteiger partial charge in [0.2, 0.25) is 0 Å². The molecule has 3 heterocycles. The van der Waals surface area contributed by atoms with E-state index in [1.54, 1.807) is 0 Å². The SMILES string of the molecule is CC1(C)c2ccccc2-c2ccc(-c3nc(-c4ccc(-c5ccccc5)cc4)c4cc(-n5c6ccccc6c6cc7c8c9ccccc9ccc8n(-c8ccccc8)c7cc65)ccc4n3)cc21. The highest BCUT2D eigenvalue weighted by molar-refractivity contribution is 6.25. The lowest BCUT2D eigenvalue weighted by Gasteiger charge is -2.22. The van der Waals surface area contributed by atoms with Crippen molar-refractivity contribution >= 4 is 65.3 Å². The van der Waals surface area contributed by atoms with Crippen molar-refractivity contribution in [2.45, 2.75) is 19.3 Å². The molecule has 0 N–H and O–H groups in total. The number of hydrogen-bond donors (Lipinski definition) is 0. The molecule has 0 unspecified atom stereocenters. The summed E-state index contributed by atoms with van der Waals surface area (Å²) in [6, 6.07) is 79.5. The van der Waals surface area contributed by atoms with E-state index in [9.17, 15) is 0 Å². The van der Waals surface area contributed by atoms with E-state index in [0.29, 0.717) is 0 Å². The van der Waals surface area contributed by atoms with Gasteiger partial charge in [-0.05, 0) is 105 Å². The highest BCUT2D eigenvalue weighted by Crippen LogP contribution is 2.50. The second kappa shape index (κ2) is 14.2. The first-order valence-corrected chi connectivity index (χ1v) is 23.2. The number of hydrogen-bond acceptors (Lipinski definition) is 2. The van der Waals surface area contributed by atoms with E-state index in [1.807, 2.05) is 0 Å². The molecule has 10 aromatic carbocycles. The lowest BCUT2D eigenvalue weighted by molar-refractivity contribution is 0.660. The van der Waals surface area contributed by atoms with E-state index in [-0.39, 0.29) is 5.41 Å². The minimum atomic E-state index is -0.138. The quantitative estimate of drug-likeness (QED) is 0.173. The van der Waals surface area contributed by atoms with Crippen molar-refractivity contribution in [3.05, 3.63) is 230 Å². The number of benzene rings is 10. The minimum absolute atomic E-state index is 0.138. The van der Waals surface area contributed by atoms with Crippen molar-refractivity contribution in [3.8, 4) is 56.3 Å². The largest absolute Gasteiger partial charge is 0.309 e. The van der Waals surface area contributed by atoms with Gasteiger partial charge >= 0.3 is 0 Å². The van der Waals surface area contributed by atoms with Crippen LogP contribution < -0.4 is 0 Å². The average molecular weight is 855 g/mol. The van der Waals surface area contributed by atoms with E-state index >= 15 is 0 Å². The first-order chi connectivity index (χ1) is 33.0. The molecule has 67 heavy (non-hydrogen) atoms. The van der Waals surface area contributed by atoms with Crippen LogP contribution in [0.1, 0.15) is 25.0 Å². The van der Waals surface area contributed by atoms with Gasteiger partial charge in [-0.15, -0.1) is 0 Å². The summed E-state index contributed by atoms with van der Waals surface area (Å²) in [4.78, 5) is 10.9. The van der Waals surface area contributed by atoms with E-state index < -0.39 is 0 Å². The van der Waals surface area contributed by atoms with Gasteiger partial charge in [-0.25, -0.2) is 9.97 Å². The monoisotopic (exact) mass is 854 g/mol. The lowest BCUT2D eigenvalue weighted by Crippen LogP contribution is -2.15. The molecule has 0 atom stereocenters. The van der Waals surface area contributed by atoms with E-state index in [2.05, 4.69) is 241 Å². The molecule has 14 rings (SSSR count). The van der Waals surface area contributed by atoms with Gasteiger partial charge in [-0.1, -0.05) is 172 Å². The molecule has 0 fully saturated rings. The van der Waals surface area contributed by atoms with Crippen LogP contribution in [-0.4, -0.2) is 19.1 Å². The van der Waals surface area contributed by atoms with Gasteiger partial charge in [0, 0.05) is 54.8 Å². The van der Waals surface area contributed by atoms with Gasteiger partial charge in [-0.2, -0.15) is 0 Å². The molecule has 13 aromatic rings. The summed E-state index contributed by atoms with van der Waals surface area (Å²) in [6.45, 7) is 4.65. The fourth-order valence-electron chi connectivity index (χ4n) is 11.3. The second-order valence-electron chi connectivity index (χ2n) is 18.6. The van der Waals surface area contributed by atoms with Crippen LogP contribution in [0.15, 0.2) is 218 Å². The van der Waals surface area contributed by atoms with E-state index in [4.69, 9.17) is 9.97 Å². The zero-order chi connectivity index (χ0) is 44.4. The lowest BCUT2D eigenvalue weighted by atomic mass is 9.82. The maximum Gasteiger partial charge on any atom is 0.160 e. The van der Waals surface area contributed by atoms with Crippen LogP contribution >= 0.6 is 0 Å². The van der Waals surface area contributed by atoms with Crippen molar-refractivity contribution in [1.82, 2.24) is 19.1 Å². The summed E-state index contributed by atoms with van der Waals surface area (Å²) in [5.74, 6) is 0.720. The third-order valence-electron chi connectivity index (χ3n) is 14.5. The van der Waals surface area contributed by atoms with Crippen molar-refractivity contribution in [3.63, 3.8) is 0 Å². The third-order valence-corrected chi connectivity index (χ3v) is 14.5. The van der Waals surface area contributed by atoms with Crippen LogP contribution in [0.5, 0.6) is 0 Å². The van der Waals surface area contributed by atoms with Crippen molar-refractivity contribution in [2.75, 3.05) is 0 Å². The van der Waals surface area contributed by atoms with Gasteiger partial charge in [0.05, 0.1) is 33.3 Å². The molecular formula is C63H42N4. The Kier molecular flexibility index (Phi) is 8.00. The molecule has 3 aromatic heterocycles. The van der Waals surface area contributed by atoms with E-state index in [1.165, 1.54) is 76.7 Å². The predicted octanol–water partition coefficient (Wildman–Crippen LogP) is 16.3. The molecule has 1 aliphatic rings. The smallest absolute Gasteiger partial charge is 0.160 e. The first-order valence-electron chi connectivity index (χ1n) is 23.2. The molecule has 0 spiro atoms. The first kappa shape index (κ1) is 37.7. The molecule has 0 bridgehead atoms. The Bertz CT molecular complexity index is 4160. The zero-order valence-corrected chi connectivity index (χ0v) is 37.1. The molecule has 4 nitrogen and oxygen atoms in total. The predicted molar refractivity (Wildman–Crippen MR) is 280 cm³/mol. The Labute approximate surface area is 387 Å². The summed E-state index contributed by atoms with van der Waals surface area (Å²) < 4.78 is 4.87.